The number of amides is 2. The first kappa shape index (κ1) is 11.1. The molecule has 1 aliphatic rings. The van der Waals surface area contributed by atoms with Gasteiger partial charge in [-0.15, -0.1) is 0 Å². The van der Waals surface area contributed by atoms with Crippen molar-refractivity contribution in [1.29, 1.82) is 0 Å². The summed E-state index contributed by atoms with van der Waals surface area (Å²) >= 11 is 0. The predicted octanol–water partition coefficient (Wildman–Crippen LogP) is 2.89. The summed E-state index contributed by atoms with van der Waals surface area (Å²) in [5, 5.41) is 5.79. The second-order valence-electron chi connectivity index (χ2n) is 4.61. The molecular weight excluding hydrogens is 230 g/mol. The van der Waals surface area contributed by atoms with Gasteiger partial charge in [-0.3, -0.25) is 0 Å². The lowest BCUT2D eigenvalue weighted by Crippen LogP contribution is -2.36. The number of rotatable bonds is 2. The minimum absolute atomic E-state index is 0.152. The summed E-state index contributed by atoms with van der Waals surface area (Å²) in [7, 11) is 0. The molecule has 1 aliphatic carbocycles. The van der Waals surface area contributed by atoms with E-state index in [0.29, 0.717) is 11.6 Å². The zero-order valence-corrected chi connectivity index (χ0v) is 9.98. The van der Waals surface area contributed by atoms with Crippen molar-refractivity contribution in [3.05, 3.63) is 24.6 Å². The molecule has 1 aromatic carbocycles. The number of carbonyl (C=O) groups is 1. The van der Waals surface area contributed by atoms with Gasteiger partial charge in [0.2, 0.25) is 0 Å². The SMILES string of the molecule is O=C(Nc1ccc2ncoc2c1)NC1CCCC1. The van der Waals surface area contributed by atoms with E-state index in [1.165, 1.54) is 19.2 Å². The molecule has 1 saturated carbocycles. The molecule has 0 atom stereocenters. The van der Waals surface area contributed by atoms with E-state index in [2.05, 4.69) is 15.6 Å². The number of hydrogen-bond acceptors (Lipinski definition) is 3. The first-order valence-corrected chi connectivity index (χ1v) is 6.22. The second kappa shape index (κ2) is 4.68. The largest absolute Gasteiger partial charge is 0.443 e. The molecule has 94 valence electrons. The van der Waals surface area contributed by atoms with Crippen LogP contribution in [0.1, 0.15) is 25.7 Å². The number of aromatic nitrogens is 1. The molecule has 0 aliphatic heterocycles. The molecule has 2 aromatic rings. The lowest BCUT2D eigenvalue weighted by atomic mass is 10.2. The van der Waals surface area contributed by atoms with Crippen molar-refractivity contribution in [2.45, 2.75) is 31.7 Å². The molecule has 0 saturated heterocycles. The van der Waals surface area contributed by atoms with Crippen molar-refractivity contribution in [3.63, 3.8) is 0 Å². The van der Waals surface area contributed by atoms with E-state index in [4.69, 9.17) is 4.42 Å². The van der Waals surface area contributed by atoms with Crippen molar-refractivity contribution in [2.24, 2.45) is 0 Å². The number of oxazole rings is 1. The Labute approximate surface area is 105 Å². The normalized spacial score (nSPS) is 16.0. The van der Waals surface area contributed by atoms with Gasteiger partial charge < -0.3 is 15.1 Å². The van der Waals surface area contributed by atoms with Crippen molar-refractivity contribution >= 4 is 22.8 Å². The number of fused-ring (bicyclic) bond motifs is 1. The van der Waals surface area contributed by atoms with Crippen LogP contribution in [0.15, 0.2) is 29.0 Å². The molecule has 1 fully saturated rings. The van der Waals surface area contributed by atoms with Crippen LogP contribution >= 0.6 is 0 Å². The Bertz CT molecular complexity index is 558. The molecule has 5 nitrogen and oxygen atoms in total. The molecule has 5 heteroatoms. The third-order valence-corrected chi connectivity index (χ3v) is 3.28. The molecule has 3 rings (SSSR count). The molecule has 1 aromatic heterocycles. The first-order valence-electron chi connectivity index (χ1n) is 6.22. The van der Waals surface area contributed by atoms with Crippen LogP contribution in [0.5, 0.6) is 0 Å². The topological polar surface area (TPSA) is 67.2 Å². The fraction of sp³-hybridized carbons (Fsp3) is 0.385. The number of anilines is 1. The van der Waals surface area contributed by atoms with Crippen LogP contribution in [0.2, 0.25) is 0 Å². The van der Waals surface area contributed by atoms with Crippen molar-refractivity contribution < 1.29 is 9.21 Å². The summed E-state index contributed by atoms with van der Waals surface area (Å²) in [4.78, 5) is 15.8. The third-order valence-electron chi connectivity index (χ3n) is 3.28. The van der Waals surface area contributed by atoms with Gasteiger partial charge in [-0.05, 0) is 25.0 Å². The average Bonchev–Trinajstić information content (AvgIpc) is 2.98. The highest BCUT2D eigenvalue weighted by atomic mass is 16.3. The Morgan fingerprint density at radius 2 is 2.17 bits per heavy atom. The van der Waals surface area contributed by atoms with Crippen LogP contribution in [0.3, 0.4) is 0 Å². The zero-order valence-electron chi connectivity index (χ0n) is 9.98. The molecule has 1 heterocycles. The van der Waals surface area contributed by atoms with E-state index in [9.17, 15) is 4.79 Å². The van der Waals surface area contributed by atoms with Gasteiger partial charge in [0.15, 0.2) is 12.0 Å². The highest BCUT2D eigenvalue weighted by Gasteiger charge is 2.17. The molecule has 2 amide bonds. The van der Waals surface area contributed by atoms with E-state index < -0.39 is 0 Å². The van der Waals surface area contributed by atoms with Gasteiger partial charge >= 0.3 is 6.03 Å². The van der Waals surface area contributed by atoms with E-state index >= 15 is 0 Å². The first-order chi connectivity index (χ1) is 8.81. The van der Waals surface area contributed by atoms with Crippen molar-refractivity contribution in [3.8, 4) is 0 Å². The quantitative estimate of drug-likeness (QED) is 0.854. The smallest absolute Gasteiger partial charge is 0.319 e. The lowest BCUT2D eigenvalue weighted by molar-refractivity contribution is 0.248. The van der Waals surface area contributed by atoms with Crippen LogP contribution in [0, 0.1) is 0 Å². The monoisotopic (exact) mass is 245 g/mol. The molecule has 0 spiro atoms. The van der Waals surface area contributed by atoms with Gasteiger partial charge in [-0.1, -0.05) is 12.8 Å². The Morgan fingerprint density at radius 3 is 3.00 bits per heavy atom. The number of benzene rings is 1. The maximum atomic E-state index is 11.8. The molecule has 0 bridgehead atoms. The van der Waals surface area contributed by atoms with E-state index in [0.717, 1.165) is 24.0 Å². The summed E-state index contributed by atoms with van der Waals surface area (Å²) in [5.74, 6) is 0. The van der Waals surface area contributed by atoms with E-state index in [-0.39, 0.29) is 6.03 Å². The number of nitrogens with one attached hydrogen (secondary N) is 2. The standard InChI is InChI=1S/C13H15N3O2/c17-13(15-9-3-1-2-4-9)16-10-5-6-11-12(7-10)18-8-14-11/h5-9H,1-4H2,(H2,15,16,17). The lowest BCUT2D eigenvalue weighted by Gasteiger charge is -2.12. The molecular formula is C13H15N3O2. The average molecular weight is 245 g/mol. The van der Waals surface area contributed by atoms with Crippen LogP contribution in [0.25, 0.3) is 11.1 Å². The number of urea groups is 1. The fourth-order valence-corrected chi connectivity index (χ4v) is 2.36. The van der Waals surface area contributed by atoms with Crippen LogP contribution in [0.4, 0.5) is 10.5 Å². The number of hydrogen-bond donors (Lipinski definition) is 2. The summed E-state index contributed by atoms with van der Waals surface area (Å²) in [5.41, 5.74) is 2.18. The highest BCUT2D eigenvalue weighted by molar-refractivity contribution is 5.91. The van der Waals surface area contributed by atoms with E-state index in [1.54, 1.807) is 6.07 Å². The Balaban J connectivity index is 1.65. The van der Waals surface area contributed by atoms with Crippen molar-refractivity contribution in [2.75, 3.05) is 5.32 Å². The van der Waals surface area contributed by atoms with Gasteiger partial charge in [-0.2, -0.15) is 0 Å². The summed E-state index contributed by atoms with van der Waals surface area (Å²) in [6.45, 7) is 0. The van der Waals surface area contributed by atoms with Crippen molar-refractivity contribution in [1.82, 2.24) is 10.3 Å². The predicted molar refractivity (Wildman–Crippen MR) is 68.4 cm³/mol. The summed E-state index contributed by atoms with van der Waals surface area (Å²) in [6.07, 6.45) is 5.96. The van der Waals surface area contributed by atoms with Gasteiger partial charge in [0.1, 0.15) is 5.52 Å². The van der Waals surface area contributed by atoms with E-state index in [1.807, 2.05) is 12.1 Å². The number of nitrogens with zero attached hydrogens (tertiary/aromatic N) is 1. The van der Waals surface area contributed by atoms with Crippen LogP contribution < -0.4 is 10.6 Å². The minimum Gasteiger partial charge on any atom is -0.443 e. The van der Waals surface area contributed by atoms with Gasteiger partial charge in [0.05, 0.1) is 0 Å². The maximum Gasteiger partial charge on any atom is 0.319 e. The summed E-state index contributed by atoms with van der Waals surface area (Å²) in [6, 6.07) is 5.58. The van der Waals surface area contributed by atoms with Gasteiger partial charge in [0.25, 0.3) is 0 Å². The molecule has 18 heavy (non-hydrogen) atoms. The second-order valence-corrected chi connectivity index (χ2v) is 4.61. The Kier molecular flexibility index (Phi) is 2.88. The van der Waals surface area contributed by atoms with Gasteiger partial charge in [-0.25, -0.2) is 9.78 Å². The Morgan fingerprint density at radius 1 is 1.33 bits per heavy atom. The minimum atomic E-state index is -0.152. The number of carbonyl (C=O) groups excluding carboxylic acids is 1. The summed E-state index contributed by atoms with van der Waals surface area (Å²) < 4.78 is 5.19. The molecule has 0 radical (unpaired) electrons. The van der Waals surface area contributed by atoms with Gasteiger partial charge in [0, 0.05) is 17.8 Å². The van der Waals surface area contributed by atoms with Crippen LogP contribution in [-0.4, -0.2) is 17.1 Å². The fourth-order valence-electron chi connectivity index (χ4n) is 2.36. The van der Waals surface area contributed by atoms with Crippen LogP contribution in [-0.2, 0) is 0 Å². The maximum absolute atomic E-state index is 11.8. The third kappa shape index (κ3) is 2.30. The Hall–Kier alpha value is -2.04. The molecule has 0 unspecified atom stereocenters. The highest BCUT2D eigenvalue weighted by Crippen LogP contribution is 2.19. The zero-order chi connectivity index (χ0) is 12.4. The molecule has 2 N–H and O–H groups in total.